The molecule has 1 saturated heterocycles. The molecule has 0 bridgehead atoms. The standard InChI is InChI=1S/C14H15ClFNO3/c15-10-5-4-6-11(16)13(10)14(19)20-9-12(18)17-7-2-1-3-8-17/h4-6H,1-3,7-9H2. The monoisotopic (exact) mass is 299 g/mol. The summed E-state index contributed by atoms with van der Waals surface area (Å²) in [4.78, 5) is 25.2. The molecule has 0 atom stereocenters. The minimum absolute atomic E-state index is 0.0274. The van der Waals surface area contributed by atoms with Crippen molar-refractivity contribution in [3.8, 4) is 0 Å². The number of esters is 1. The number of amides is 1. The van der Waals surface area contributed by atoms with Gasteiger partial charge in [-0.2, -0.15) is 0 Å². The van der Waals surface area contributed by atoms with E-state index in [1.54, 1.807) is 4.90 Å². The van der Waals surface area contributed by atoms with Gasteiger partial charge in [0.1, 0.15) is 11.4 Å². The van der Waals surface area contributed by atoms with Crippen molar-refractivity contribution < 1.29 is 18.7 Å². The van der Waals surface area contributed by atoms with E-state index in [1.807, 2.05) is 0 Å². The Balaban J connectivity index is 1.93. The van der Waals surface area contributed by atoms with Crippen molar-refractivity contribution >= 4 is 23.5 Å². The number of piperidine rings is 1. The molecule has 1 aromatic carbocycles. The maximum atomic E-state index is 13.5. The van der Waals surface area contributed by atoms with E-state index < -0.39 is 11.8 Å². The van der Waals surface area contributed by atoms with Crippen molar-refractivity contribution in [2.24, 2.45) is 0 Å². The number of nitrogens with zero attached hydrogens (tertiary/aromatic N) is 1. The molecule has 2 rings (SSSR count). The van der Waals surface area contributed by atoms with Crippen molar-refractivity contribution in [3.63, 3.8) is 0 Å². The van der Waals surface area contributed by atoms with Crippen LogP contribution in [-0.2, 0) is 9.53 Å². The van der Waals surface area contributed by atoms with E-state index in [1.165, 1.54) is 12.1 Å². The molecule has 0 aliphatic carbocycles. The Labute approximate surface area is 121 Å². The number of ether oxygens (including phenoxy) is 1. The van der Waals surface area contributed by atoms with Crippen LogP contribution in [0.1, 0.15) is 29.6 Å². The smallest absolute Gasteiger partial charge is 0.343 e. The molecular weight excluding hydrogens is 285 g/mol. The van der Waals surface area contributed by atoms with Crippen molar-refractivity contribution in [3.05, 3.63) is 34.6 Å². The molecule has 1 fully saturated rings. The molecule has 108 valence electrons. The summed E-state index contributed by atoms with van der Waals surface area (Å²) in [6.45, 7) is 0.969. The van der Waals surface area contributed by atoms with Gasteiger partial charge in [-0.25, -0.2) is 9.18 Å². The first-order valence-corrected chi connectivity index (χ1v) is 6.86. The normalized spacial score (nSPS) is 15.0. The summed E-state index contributed by atoms with van der Waals surface area (Å²) in [5, 5.41) is -0.0274. The van der Waals surface area contributed by atoms with Gasteiger partial charge in [0, 0.05) is 13.1 Å². The lowest BCUT2D eigenvalue weighted by atomic mass is 10.1. The molecule has 4 nitrogen and oxygen atoms in total. The van der Waals surface area contributed by atoms with Gasteiger partial charge in [-0.3, -0.25) is 4.79 Å². The summed E-state index contributed by atoms with van der Waals surface area (Å²) < 4.78 is 18.3. The summed E-state index contributed by atoms with van der Waals surface area (Å²) in [7, 11) is 0. The van der Waals surface area contributed by atoms with E-state index in [4.69, 9.17) is 16.3 Å². The van der Waals surface area contributed by atoms with Gasteiger partial charge in [-0.05, 0) is 31.4 Å². The average Bonchev–Trinajstić information content (AvgIpc) is 2.45. The average molecular weight is 300 g/mol. The highest BCUT2D eigenvalue weighted by Gasteiger charge is 2.21. The molecular formula is C14H15ClFNO3. The predicted octanol–water partition coefficient (Wildman–Crippen LogP) is 2.65. The van der Waals surface area contributed by atoms with Crippen LogP contribution in [0.15, 0.2) is 18.2 Å². The lowest BCUT2D eigenvalue weighted by Gasteiger charge is -2.26. The van der Waals surface area contributed by atoms with Crippen LogP contribution in [0.2, 0.25) is 5.02 Å². The number of likely N-dealkylation sites (tertiary alicyclic amines) is 1. The maximum absolute atomic E-state index is 13.5. The second kappa shape index (κ2) is 6.70. The molecule has 1 aliphatic heterocycles. The number of hydrogen-bond donors (Lipinski definition) is 0. The number of halogens is 2. The summed E-state index contributed by atoms with van der Waals surface area (Å²) >= 11 is 5.75. The third-order valence-electron chi connectivity index (χ3n) is 3.20. The highest BCUT2D eigenvalue weighted by Crippen LogP contribution is 2.20. The van der Waals surface area contributed by atoms with Crippen molar-refractivity contribution in [2.45, 2.75) is 19.3 Å². The van der Waals surface area contributed by atoms with Crippen molar-refractivity contribution in [1.29, 1.82) is 0 Å². The topological polar surface area (TPSA) is 46.6 Å². The van der Waals surface area contributed by atoms with E-state index in [-0.39, 0.29) is 23.1 Å². The minimum Gasteiger partial charge on any atom is -0.452 e. The Bertz CT molecular complexity index is 495. The van der Waals surface area contributed by atoms with Crippen LogP contribution in [0.25, 0.3) is 0 Å². The molecule has 1 heterocycles. The summed E-state index contributed by atoms with van der Waals surface area (Å²) in [6.07, 6.45) is 3.02. The van der Waals surface area contributed by atoms with Gasteiger partial charge >= 0.3 is 5.97 Å². The van der Waals surface area contributed by atoms with Crippen LogP contribution in [0.3, 0.4) is 0 Å². The SMILES string of the molecule is O=C(OCC(=O)N1CCCCC1)c1c(F)cccc1Cl. The number of benzene rings is 1. The molecule has 1 amide bonds. The fraction of sp³-hybridized carbons (Fsp3) is 0.429. The van der Waals surface area contributed by atoms with Gasteiger partial charge in [0.2, 0.25) is 0 Å². The molecule has 0 aromatic heterocycles. The molecule has 0 spiro atoms. The van der Waals surface area contributed by atoms with Gasteiger partial charge in [0.15, 0.2) is 6.61 Å². The zero-order valence-corrected chi connectivity index (χ0v) is 11.7. The lowest BCUT2D eigenvalue weighted by Crippen LogP contribution is -2.38. The summed E-state index contributed by atoms with van der Waals surface area (Å²) in [5.74, 6) is -1.93. The second-order valence-corrected chi connectivity index (χ2v) is 5.02. The molecule has 0 N–H and O–H groups in total. The maximum Gasteiger partial charge on any atom is 0.343 e. The molecule has 20 heavy (non-hydrogen) atoms. The first-order valence-electron chi connectivity index (χ1n) is 6.48. The minimum atomic E-state index is -0.918. The third kappa shape index (κ3) is 3.48. The predicted molar refractivity (Wildman–Crippen MR) is 72.1 cm³/mol. The Morgan fingerprint density at radius 2 is 1.95 bits per heavy atom. The Hall–Kier alpha value is -1.62. The Morgan fingerprint density at radius 1 is 1.25 bits per heavy atom. The van der Waals surface area contributed by atoms with Crippen LogP contribution in [0, 0.1) is 5.82 Å². The van der Waals surface area contributed by atoms with Crippen LogP contribution >= 0.6 is 11.6 Å². The molecule has 6 heteroatoms. The first kappa shape index (κ1) is 14.8. The zero-order chi connectivity index (χ0) is 14.5. The van der Waals surface area contributed by atoms with E-state index in [0.29, 0.717) is 13.1 Å². The number of carbonyl (C=O) groups is 2. The molecule has 0 saturated carbocycles. The summed E-state index contributed by atoms with van der Waals surface area (Å²) in [5.41, 5.74) is -0.333. The summed E-state index contributed by atoms with van der Waals surface area (Å²) in [6, 6.07) is 3.91. The molecule has 1 aliphatic rings. The fourth-order valence-electron chi connectivity index (χ4n) is 2.13. The highest BCUT2D eigenvalue weighted by atomic mass is 35.5. The molecule has 0 unspecified atom stereocenters. The van der Waals surface area contributed by atoms with Gasteiger partial charge in [0.25, 0.3) is 5.91 Å². The molecule has 0 radical (unpaired) electrons. The van der Waals surface area contributed by atoms with Gasteiger partial charge in [-0.15, -0.1) is 0 Å². The van der Waals surface area contributed by atoms with Crippen molar-refractivity contribution in [2.75, 3.05) is 19.7 Å². The van der Waals surface area contributed by atoms with Gasteiger partial charge < -0.3 is 9.64 Å². The van der Waals surface area contributed by atoms with Crippen LogP contribution < -0.4 is 0 Å². The largest absolute Gasteiger partial charge is 0.452 e. The van der Waals surface area contributed by atoms with Crippen LogP contribution in [0.4, 0.5) is 4.39 Å². The van der Waals surface area contributed by atoms with E-state index in [2.05, 4.69) is 0 Å². The number of rotatable bonds is 3. The first-order chi connectivity index (χ1) is 9.59. The van der Waals surface area contributed by atoms with Crippen molar-refractivity contribution in [1.82, 2.24) is 4.90 Å². The quantitative estimate of drug-likeness (QED) is 0.806. The van der Waals surface area contributed by atoms with Crippen LogP contribution in [0.5, 0.6) is 0 Å². The van der Waals surface area contributed by atoms with E-state index in [0.717, 1.165) is 25.3 Å². The number of hydrogen-bond acceptors (Lipinski definition) is 3. The van der Waals surface area contributed by atoms with Gasteiger partial charge in [-0.1, -0.05) is 17.7 Å². The van der Waals surface area contributed by atoms with E-state index in [9.17, 15) is 14.0 Å². The number of carbonyl (C=O) groups excluding carboxylic acids is 2. The fourth-order valence-corrected chi connectivity index (χ4v) is 2.37. The Kier molecular flexibility index (Phi) is 4.95. The molecule has 1 aromatic rings. The zero-order valence-electron chi connectivity index (χ0n) is 10.9. The van der Waals surface area contributed by atoms with Gasteiger partial charge in [0.05, 0.1) is 5.02 Å². The highest BCUT2D eigenvalue weighted by molar-refractivity contribution is 6.33. The van der Waals surface area contributed by atoms with E-state index >= 15 is 0 Å². The third-order valence-corrected chi connectivity index (χ3v) is 3.52. The Morgan fingerprint density at radius 3 is 2.60 bits per heavy atom. The lowest BCUT2D eigenvalue weighted by molar-refractivity contribution is -0.135. The van der Waals surface area contributed by atoms with Crippen LogP contribution in [-0.4, -0.2) is 36.5 Å². The second-order valence-electron chi connectivity index (χ2n) is 4.61.